The molecular weight excluding hydrogens is 270 g/mol. The van der Waals surface area contributed by atoms with E-state index in [1.165, 1.54) is 12.8 Å². The summed E-state index contributed by atoms with van der Waals surface area (Å²) in [5.74, 6) is 2.07. The summed E-state index contributed by atoms with van der Waals surface area (Å²) < 4.78 is 18.2. The average molecular weight is 295 g/mol. The molecule has 3 unspecified atom stereocenters. The maximum Gasteiger partial charge on any atom is 0.123 e. The van der Waals surface area contributed by atoms with E-state index >= 15 is 0 Å². The van der Waals surface area contributed by atoms with E-state index in [1.807, 2.05) is 25.1 Å². The molecule has 2 rings (SSSR count). The molecule has 3 atom stereocenters. The van der Waals surface area contributed by atoms with Crippen molar-refractivity contribution in [2.24, 2.45) is 5.92 Å². The quantitative estimate of drug-likeness (QED) is 0.846. The van der Waals surface area contributed by atoms with Gasteiger partial charge in [-0.15, -0.1) is 0 Å². The van der Waals surface area contributed by atoms with E-state index in [4.69, 9.17) is 10.5 Å². The van der Waals surface area contributed by atoms with Gasteiger partial charge in [-0.25, -0.2) is 0 Å². The van der Waals surface area contributed by atoms with Crippen LogP contribution in [0.2, 0.25) is 0 Å². The summed E-state index contributed by atoms with van der Waals surface area (Å²) in [6.07, 6.45) is 4.64. The molecule has 0 heterocycles. The molecule has 0 bridgehead atoms. The number of nitrogen functional groups attached to an aromatic ring is 1. The third kappa shape index (κ3) is 3.98. The fraction of sp³-hybridized carbons (Fsp3) is 0.625. The van der Waals surface area contributed by atoms with Crippen LogP contribution in [-0.2, 0) is 16.6 Å². The number of rotatable bonds is 5. The van der Waals surface area contributed by atoms with Gasteiger partial charge >= 0.3 is 0 Å². The van der Waals surface area contributed by atoms with Crippen LogP contribution in [0.15, 0.2) is 18.2 Å². The second kappa shape index (κ2) is 7.11. The van der Waals surface area contributed by atoms with Crippen molar-refractivity contribution >= 4 is 16.5 Å². The lowest BCUT2D eigenvalue weighted by atomic mass is 9.91. The Morgan fingerprint density at radius 2 is 2.20 bits per heavy atom. The highest BCUT2D eigenvalue weighted by Gasteiger charge is 2.24. The Labute approximate surface area is 124 Å². The van der Waals surface area contributed by atoms with Crippen LogP contribution < -0.4 is 10.5 Å². The van der Waals surface area contributed by atoms with Crippen molar-refractivity contribution < 1.29 is 8.95 Å². The minimum atomic E-state index is -0.836. The number of anilines is 1. The van der Waals surface area contributed by atoms with E-state index in [1.54, 1.807) is 0 Å². The number of benzene rings is 1. The summed E-state index contributed by atoms with van der Waals surface area (Å²) >= 11 is 0. The van der Waals surface area contributed by atoms with E-state index in [-0.39, 0.29) is 0 Å². The lowest BCUT2D eigenvalue weighted by Crippen LogP contribution is -2.24. The van der Waals surface area contributed by atoms with E-state index in [2.05, 4.69) is 6.92 Å². The lowest BCUT2D eigenvalue weighted by Gasteiger charge is -2.26. The summed E-state index contributed by atoms with van der Waals surface area (Å²) in [6, 6.07) is 5.62. The third-order valence-electron chi connectivity index (χ3n) is 3.94. The molecule has 2 N–H and O–H groups in total. The molecule has 3 nitrogen and oxygen atoms in total. The monoisotopic (exact) mass is 295 g/mol. The second-order valence-electron chi connectivity index (χ2n) is 5.72. The zero-order valence-corrected chi connectivity index (χ0v) is 13.2. The van der Waals surface area contributed by atoms with Gasteiger partial charge in [0.2, 0.25) is 0 Å². The maximum atomic E-state index is 12.6. The Hall–Kier alpha value is -1.03. The predicted octanol–water partition coefficient (Wildman–Crippen LogP) is 3.49. The largest absolute Gasteiger partial charge is 0.494 e. The molecule has 1 aromatic rings. The van der Waals surface area contributed by atoms with Crippen molar-refractivity contribution in [3.8, 4) is 5.75 Å². The Morgan fingerprint density at radius 1 is 1.40 bits per heavy atom. The van der Waals surface area contributed by atoms with Crippen molar-refractivity contribution in [1.29, 1.82) is 0 Å². The van der Waals surface area contributed by atoms with E-state index < -0.39 is 10.8 Å². The second-order valence-corrected chi connectivity index (χ2v) is 7.44. The van der Waals surface area contributed by atoms with Gasteiger partial charge in [-0.1, -0.05) is 19.8 Å². The van der Waals surface area contributed by atoms with E-state index in [9.17, 15) is 4.21 Å². The number of hydrogen-bond donors (Lipinski definition) is 1. The first-order chi connectivity index (χ1) is 9.60. The van der Waals surface area contributed by atoms with Gasteiger partial charge in [0, 0.05) is 27.3 Å². The highest BCUT2D eigenvalue weighted by molar-refractivity contribution is 7.84. The molecular formula is C16H25NO2S. The van der Waals surface area contributed by atoms with Crippen LogP contribution in [0.4, 0.5) is 5.69 Å². The van der Waals surface area contributed by atoms with Gasteiger partial charge in [-0.2, -0.15) is 0 Å². The number of hydrogen-bond acceptors (Lipinski definition) is 3. The van der Waals surface area contributed by atoms with E-state index in [0.29, 0.717) is 29.2 Å². The molecule has 0 saturated heterocycles. The smallest absolute Gasteiger partial charge is 0.123 e. The summed E-state index contributed by atoms with van der Waals surface area (Å²) in [6.45, 7) is 4.83. The molecule has 0 aromatic heterocycles. The molecule has 0 aliphatic heterocycles. The molecule has 1 aromatic carbocycles. The Bertz CT molecular complexity index is 476. The summed E-state index contributed by atoms with van der Waals surface area (Å²) in [7, 11) is -0.836. The van der Waals surface area contributed by atoms with Gasteiger partial charge < -0.3 is 10.5 Å². The highest BCUT2D eigenvalue weighted by atomic mass is 32.2. The lowest BCUT2D eigenvalue weighted by molar-refractivity contribution is 0.337. The van der Waals surface area contributed by atoms with Crippen LogP contribution in [0.3, 0.4) is 0 Å². The van der Waals surface area contributed by atoms with E-state index in [0.717, 1.165) is 24.2 Å². The summed E-state index contributed by atoms with van der Waals surface area (Å²) in [4.78, 5) is 0. The Morgan fingerprint density at radius 3 is 2.90 bits per heavy atom. The minimum Gasteiger partial charge on any atom is -0.494 e. The normalized spacial score (nSPS) is 24.3. The van der Waals surface area contributed by atoms with Crippen LogP contribution in [0.5, 0.6) is 5.75 Å². The van der Waals surface area contributed by atoms with Gasteiger partial charge in [-0.3, -0.25) is 4.21 Å². The zero-order valence-electron chi connectivity index (χ0n) is 12.4. The van der Waals surface area contributed by atoms with Crippen molar-refractivity contribution in [2.45, 2.75) is 50.5 Å². The predicted molar refractivity (Wildman–Crippen MR) is 85.3 cm³/mol. The average Bonchev–Trinajstić information content (AvgIpc) is 2.42. The fourth-order valence-electron chi connectivity index (χ4n) is 2.90. The third-order valence-corrected chi connectivity index (χ3v) is 5.71. The van der Waals surface area contributed by atoms with Crippen molar-refractivity contribution in [1.82, 2.24) is 0 Å². The molecule has 20 heavy (non-hydrogen) atoms. The first-order valence-corrected chi connectivity index (χ1v) is 8.86. The first kappa shape index (κ1) is 15.4. The molecule has 1 saturated carbocycles. The van der Waals surface area contributed by atoms with Crippen molar-refractivity contribution in [3.05, 3.63) is 23.8 Å². The van der Waals surface area contributed by atoms with Crippen molar-refractivity contribution in [3.63, 3.8) is 0 Å². The summed E-state index contributed by atoms with van der Waals surface area (Å²) in [5.41, 5.74) is 7.53. The summed E-state index contributed by atoms with van der Waals surface area (Å²) in [5, 5.41) is 0.328. The zero-order chi connectivity index (χ0) is 14.5. The molecule has 1 fully saturated rings. The van der Waals surface area contributed by atoms with Crippen molar-refractivity contribution in [2.75, 3.05) is 12.3 Å². The minimum absolute atomic E-state index is 0.328. The van der Waals surface area contributed by atoms with Crippen LogP contribution in [0.1, 0.15) is 45.1 Å². The standard InChI is InChI=1S/C16H25NO2S/c1-3-19-16-8-7-14(17)10-13(16)11-20(18)15-6-4-5-12(2)9-15/h7-8,10,12,15H,3-6,9,11,17H2,1-2H3. The van der Waals surface area contributed by atoms with Gasteiger partial charge in [0.05, 0.1) is 12.4 Å². The van der Waals surface area contributed by atoms with Gasteiger partial charge in [0.25, 0.3) is 0 Å². The molecule has 4 heteroatoms. The van der Waals surface area contributed by atoms with Crippen LogP contribution in [-0.4, -0.2) is 16.1 Å². The highest BCUT2D eigenvalue weighted by Crippen LogP contribution is 2.30. The number of ether oxygens (including phenoxy) is 1. The van der Waals surface area contributed by atoms with Gasteiger partial charge in [0.15, 0.2) is 0 Å². The topological polar surface area (TPSA) is 52.3 Å². The molecule has 0 radical (unpaired) electrons. The molecule has 1 aliphatic rings. The molecule has 112 valence electrons. The first-order valence-electron chi connectivity index (χ1n) is 7.48. The van der Waals surface area contributed by atoms with Crippen LogP contribution in [0.25, 0.3) is 0 Å². The van der Waals surface area contributed by atoms with Crippen LogP contribution in [0, 0.1) is 5.92 Å². The maximum absolute atomic E-state index is 12.6. The number of nitrogens with two attached hydrogens (primary N) is 1. The SMILES string of the molecule is CCOc1ccc(N)cc1CS(=O)C1CCCC(C)C1. The Balaban J connectivity index is 2.08. The molecule has 1 aliphatic carbocycles. The van der Waals surface area contributed by atoms with Gasteiger partial charge in [-0.05, 0) is 43.9 Å². The molecule has 0 amide bonds. The van der Waals surface area contributed by atoms with Gasteiger partial charge in [0.1, 0.15) is 5.75 Å². The van der Waals surface area contributed by atoms with Crippen LogP contribution >= 0.6 is 0 Å². The Kier molecular flexibility index (Phi) is 5.46. The fourth-order valence-corrected chi connectivity index (χ4v) is 4.64. The molecule has 0 spiro atoms.